The number of carbonyl (C=O) groups is 1. The Labute approximate surface area is 122 Å². The molecule has 0 saturated carbocycles. The number of carbonyl (C=O) groups excluding carboxylic acids is 1. The van der Waals surface area contributed by atoms with Gasteiger partial charge in [0.2, 0.25) is 0 Å². The molecule has 1 aromatic carbocycles. The summed E-state index contributed by atoms with van der Waals surface area (Å²) in [5, 5.41) is 4.09. The maximum Gasteiger partial charge on any atom is 0.267 e. The molecule has 20 heavy (non-hydrogen) atoms. The van der Waals surface area contributed by atoms with Gasteiger partial charge in [-0.2, -0.15) is 0 Å². The van der Waals surface area contributed by atoms with Crippen molar-refractivity contribution in [1.29, 1.82) is 0 Å². The lowest BCUT2D eigenvalue weighted by molar-refractivity contribution is 0.0778. The number of benzene rings is 1. The van der Waals surface area contributed by atoms with E-state index >= 15 is 0 Å². The Balaban J connectivity index is 2.34. The van der Waals surface area contributed by atoms with Crippen LogP contribution in [0.4, 0.5) is 0 Å². The van der Waals surface area contributed by atoms with E-state index in [2.05, 4.69) is 9.59 Å². The summed E-state index contributed by atoms with van der Waals surface area (Å²) in [6.45, 7) is 5.27. The van der Waals surface area contributed by atoms with Gasteiger partial charge in [0.05, 0.1) is 7.11 Å². The van der Waals surface area contributed by atoms with E-state index in [-0.39, 0.29) is 5.91 Å². The van der Waals surface area contributed by atoms with Gasteiger partial charge >= 0.3 is 0 Å². The molecule has 2 rings (SSSR count). The number of methoxy groups -OCH3 is 1. The van der Waals surface area contributed by atoms with Crippen molar-refractivity contribution in [2.75, 3.05) is 20.2 Å². The molecule has 1 amide bonds. The maximum atomic E-state index is 12.4. The first-order valence-corrected chi connectivity index (χ1v) is 7.24. The third-order valence-corrected chi connectivity index (χ3v) is 3.81. The van der Waals surface area contributed by atoms with Crippen LogP contribution in [0.1, 0.15) is 23.5 Å². The first-order chi connectivity index (χ1) is 9.71. The van der Waals surface area contributed by atoms with Crippen LogP contribution in [0.2, 0.25) is 0 Å². The molecule has 0 unspecified atom stereocenters. The van der Waals surface area contributed by atoms with E-state index in [0.29, 0.717) is 23.7 Å². The summed E-state index contributed by atoms with van der Waals surface area (Å²) >= 11 is 1.14. The van der Waals surface area contributed by atoms with E-state index in [1.165, 1.54) is 0 Å². The molecule has 6 heteroatoms. The Kier molecular flexibility index (Phi) is 4.68. The fourth-order valence-electron chi connectivity index (χ4n) is 1.92. The third kappa shape index (κ3) is 2.80. The molecule has 0 saturated heterocycles. The lowest BCUT2D eigenvalue weighted by Gasteiger charge is -2.17. The van der Waals surface area contributed by atoms with Crippen LogP contribution in [0.5, 0.6) is 5.75 Å². The van der Waals surface area contributed by atoms with Crippen molar-refractivity contribution in [2.45, 2.75) is 13.8 Å². The number of hydrogen-bond donors (Lipinski definition) is 0. The van der Waals surface area contributed by atoms with Crippen LogP contribution in [-0.4, -0.2) is 40.6 Å². The highest BCUT2D eigenvalue weighted by Crippen LogP contribution is 2.26. The number of hydrogen-bond acceptors (Lipinski definition) is 5. The molecule has 106 valence electrons. The molecule has 0 bridgehead atoms. The second-order valence-electron chi connectivity index (χ2n) is 4.16. The summed E-state index contributed by atoms with van der Waals surface area (Å²) in [4.78, 5) is 14.8. The highest BCUT2D eigenvalue weighted by atomic mass is 32.1. The fourth-order valence-corrected chi connectivity index (χ4v) is 2.58. The van der Waals surface area contributed by atoms with Crippen molar-refractivity contribution in [3.05, 3.63) is 29.1 Å². The summed E-state index contributed by atoms with van der Waals surface area (Å²) in [5.41, 5.74) is 1.50. The summed E-state index contributed by atoms with van der Waals surface area (Å²) in [6, 6.07) is 7.46. The number of aromatic nitrogens is 2. The fraction of sp³-hybridized carbons (Fsp3) is 0.357. The normalized spacial score (nSPS) is 10.3. The van der Waals surface area contributed by atoms with E-state index in [4.69, 9.17) is 4.74 Å². The van der Waals surface area contributed by atoms with Crippen molar-refractivity contribution >= 4 is 17.4 Å². The zero-order valence-corrected chi connectivity index (χ0v) is 12.6. The molecule has 0 atom stereocenters. The largest absolute Gasteiger partial charge is 0.497 e. The molecule has 1 aromatic heterocycles. The molecular weight excluding hydrogens is 274 g/mol. The minimum Gasteiger partial charge on any atom is -0.497 e. The maximum absolute atomic E-state index is 12.4. The number of amides is 1. The molecule has 0 spiro atoms. The van der Waals surface area contributed by atoms with Gasteiger partial charge in [0.25, 0.3) is 5.91 Å². The second kappa shape index (κ2) is 6.47. The SMILES string of the molecule is CCN(CC)C(=O)c1snnc1-c1ccc(OC)cc1. The van der Waals surface area contributed by atoms with Crippen LogP contribution in [0.3, 0.4) is 0 Å². The smallest absolute Gasteiger partial charge is 0.267 e. The Morgan fingerprint density at radius 2 is 1.90 bits per heavy atom. The van der Waals surface area contributed by atoms with Crippen molar-refractivity contribution in [1.82, 2.24) is 14.5 Å². The van der Waals surface area contributed by atoms with E-state index in [1.807, 2.05) is 38.1 Å². The van der Waals surface area contributed by atoms with Crippen LogP contribution in [0.25, 0.3) is 11.3 Å². The lowest BCUT2D eigenvalue weighted by atomic mass is 10.1. The summed E-state index contributed by atoms with van der Waals surface area (Å²) in [6.07, 6.45) is 0. The van der Waals surface area contributed by atoms with Gasteiger partial charge in [0.15, 0.2) is 0 Å². The first-order valence-electron chi connectivity index (χ1n) is 6.47. The summed E-state index contributed by atoms with van der Waals surface area (Å²) in [7, 11) is 1.62. The molecule has 0 fully saturated rings. The van der Waals surface area contributed by atoms with Crippen LogP contribution in [0, 0.1) is 0 Å². The van der Waals surface area contributed by atoms with E-state index in [1.54, 1.807) is 12.0 Å². The Morgan fingerprint density at radius 1 is 1.25 bits per heavy atom. The predicted molar refractivity (Wildman–Crippen MR) is 79.1 cm³/mol. The molecule has 1 heterocycles. The van der Waals surface area contributed by atoms with E-state index in [9.17, 15) is 4.79 Å². The molecule has 0 aliphatic carbocycles. The van der Waals surface area contributed by atoms with Crippen molar-refractivity contribution < 1.29 is 9.53 Å². The summed E-state index contributed by atoms with van der Waals surface area (Å²) < 4.78 is 9.05. The van der Waals surface area contributed by atoms with Crippen molar-refractivity contribution in [3.8, 4) is 17.0 Å². The lowest BCUT2D eigenvalue weighted by Crippen LogP contribution is -2.30. The average Bonchev–Trinajstić information content (AvgIpc) is 2.98. The van der Waals surface area contributed by atoms with Gasteiger partial charge in [-0.15, -0.1) is 5.10 Å². The molecule has 5 nitrogen and oxygen atoms in total. The van der Waals surface area contributed by atoms with Gasteiger partial charge in [0, 0.05) is 18.7 Å². The highest BCUT2D eigenvalue weighted by Gasteiger charge is 2.21. The van der Waals surface area contributed by atoms with Gasteiger partial charge in [0.1, 0.15) is 16.3 Å². The molecule has 0 N–H and O–H groups in total. The minimum absolute atomic E-state index is 0.0178. The molecule has 0 aliphatic rings. The van der Waals surface area contributed by atoms with E-state index < -0.39 is 0 Å². The monoisotopic (exact) mass is 291 g/mol. The Morgan fingerprint density at radius 3 is 2.45 bits per heavy atom. The number of rotatable bonds is 5. The quantitative estimate of drug-likeness (QED) is 0.850. The topological polar surface area (TPSA) is 55.3 Å². The standard InChI is InChI=1S/C14H17N3O2S/c1-4-17(5-2)14(18)13-12(15-16-20-13)10-6-8-11(19-3)9-7-10/h6-9H,4-5H2,1-3H3. The predicted octanol–water partition coefficient (Wildman–Crippen LogP) is 2.70. The zero-order valence-electron chi connectivity index (χ0n) is 11.8. The molecule has 0 radical (unpaired) electrons. The van der Waals surface area contributed by atoms with Gasteiger partial charge in [-0.05, 0) is 49.6 Å². The van der Waals surface area contributed by atoms with Crippen LogP contribution >= 0.6 is 11.5 Å². The first kappa shape index (κ1) is 14.5. The highest BCUT2D eigenvalue weighted by molar-refractivity contribution is 7.08. The molecule has 0 aliphatic heterocycles. The van der Waals surface area contributed by atoms with Gasteiger partial charge < -0.3 is 9.64 Å². The summed E-state index contributed by atoms with van der Waals surface area (Å²) in [5.74, 6) is 0.754. The van der Waals surface area contributed by atoms with Crippen LogP contribution < -0.4 is 4.74 Å². The second-order valence-corrected chi connectivity index (χ2v) is 4.91. The average molecular weight is 291 g/mol. The zero-order chi connectivity index (χ0) is 14.5. The van der Waals surface area contributed by atoms with Crippen molar-refractivity contribution in [3.63, 3.8) is 0 Å². The third-order valence-electron chi connectivity index (χ3n) is 3.10. The Hall–Kier alpha value is -1.95. The Bertz CT molecular complexity index is 576. The van der Waals surface area contributed by atoms with Crippen molar-refractivity contribution in [2.24, 2.45) is 0 Å². The van der Waals surface area contributed by atoms with Crippen LogP contribution in [-0.2, 0) is 0 Å². The number of ether oxygens (including phenoxy) is 1. The van der Waals surface area contributed by atoms with E-state index in [0.717, 1.165) is 22.8 Å². The number of nitrogens with zero attached hydrogens (tertiary/aromatic N) is 3. The van der Waals surface area contributed by atoms with Gasteiger partial charge in [-0.1, -0.05) is 4.49 Å². The van der Waals surface area contributed by atoms with Gasteiger partial charge in [-0.3, -0.25) is 4.79 Å². The minimum atomic E-state index is -0.0178. The molecule has 2 aromatic rings. The molecular formula is C14H17N3O2S. The van der Waals surface area contributed by atoms with Crippen LogP contribution in [0.15, 0.2) is 24.3 Å². The van der Waals surface area contributed by atoms with Gasteiger partial charge in [-0.25, -0.2) is 0 Å².